The quantitative estimate of drug-likeness (QED) is 0.190. The largest absolute Gasteiger partial charge is 0.331 e. The van der Waals surface area contributed by atoms with E-state index in [1.165, 1.54) is 13.8 Å². The molecule has 16 heteroatoms. The monoisotopic (exact) mass is 542 g/mol. The second-order valence-electron chi connectivity index (χ2n) is 8.22. The summed E-state index contributed by atoms with van der Waals surface area (Å²) in [5.74, 6) is -0.873. The molecule has 0 aromatic rings. The minimum absolute atomic E-state index is 0.0443. The van der Waals surface area contributed by atoms with Gasteiger partial charge in [-0.3, -0.25) is 26.5 Å². The second kappa shape index (κ2) is 10.4. The summed E-state index contributed by atoms with van der Waals surface area (Å²) in [7, 11) is -14.8. The molecule has 190 valence electrons. The van der Waals surface area contributed by atoms with Gasteiger partial charge in [0, 0.05) is 0 Å². The summed E-state index contributed by atoms with van der Waals surface area (Å²) in [5.41, 5.74) is -2.59. The van der Waals surface area contributed by atoms with Gasteiger partial charge in [-0.25, -0.2) is 0 Å². The van der Waals surface area contributed by atoms with Crippen LogP contribution in [0.5, 0.6) is 0 Å². The fraction of sp³-hybridized carbons (Fsp3) is 1.00. The SMILES string of the molecule is CCOP(=O)(CCCCP(=O)(OCC)OC1(C)COS(=O)(=O)C1)OC1(C)COS(=O)(=O)C1. The van der Waals surface area contributed by atoms with E-state index in [9.17, 15) is 26.0 Å². The average molecular weight is 543 g/mol. The van der Waals surface area contributed by atoms with Gasteiger partial charge in [-0.15, -0.1) is 0 Å². The van der Waals surface area contributed by atoms with Crippen molar-refractivity contribution in [1.29, 1.82) is 0 Å². The number of unbranched alkanes of at least 4 members (excludes halogenated alkanes) is 1. The number of rotatable bonds is 13. The van der Waals surface area contributed by atoms with Crippen molar-refractivity contribution in [2.45, 2.75) is 51.7 Å². The van der Waals surface area contributed by atoms with Crippen LogP contribution < -0.4 is 0 Å². The summed E-state index contributed by atoms with van der Waals surface area (Å²) < 4.78 is 104. The molecule has 2 rings (SSSR count). The molecule has 0 aromatic carbocycles. The van der Waals surface area contributed by atoms with Crippen LogP contribution in [0.2, 0.25) is 0 Å². The van der Waals surface area contributed by atoms with Crippen molar-refractivity contribution in [3.63, 3.8) is 0 Å². The molecule has 32 heavy (non-hydrogen) atoms. The summed E-state index contributed by atoms with van der Waals surface area (Å²) in [6.45, 7) is 5.90. The fourth-order valence-corrected chi connectivity index (χ4v) is 10.5. The minimum atomic E-state index is -3.74. The van der Waals surface area contributed by atoms with Crippen LogP contribution in [0, 0.1) is 0 Å². The Hall–Kier alpha value is 0.120. The van der Waals surface area contributed by atoms with Gasteiger partial charge in [-0.1, -0.05) is 0 Å². The lowest BCUT2D eigenvalue weighted by Gasteiger charge is -2.28. The van der Waals surface area contributed by atoms with Gasteiger partial charge in [0.1, 0.15) is 22.7 Å². The Balaban J connectivity index is 1.96. The van der Waals surface area contributed by atoms with Gasteiger partial charge in [0.25, 0.3) is 20.2 Å². The predicted octanol–water partition coefficient (Wildman–Crippen LogP) is 2.50. The lowest BCUT2D eigenvalue weighted by Crippen LogP contribution is -2.33. The summed E-state index contributed by atoms with van der Waals surface area (Å²) in [4.78, 5) is 0. The Morgan fingerprint density at radius 1 is 0.750 bits per heavy atom. The van der Waals surface area contributed by atoms with Crippen LogP contribution in [-0.4, -0.2) is 78.3 Å². The van der Waals surface area contributed by atoms with E-state index in [2.05, 4.69) is 0 Å². The molecule has 4 unspecified atom stereocenters. The third-order valence-electron chi connectivity index (χ3n) is 4.54. The van der Waals surface area contributed by atoms with Crippen LogP contribution in [0.4, 0.5) is 0 Å². The van der Waals surface area contributed by atoms with E-state index in [-0.39, 0.29) is 51.6 Å². The maximum Gasteiger partial charge on any atom is 0.331 e. The Labute approximate surface area is 189 Å². The Morgan fingerprint density at radius 3 is 1.34 bits per heavy atom. The van der Waals surface area contributed by atoms with Gasteiger partial charge in [0.15, 0.2) is 0 Å². The van der Waals surface area contributed by atoms with Crippen molar-refractivity contribution in [1.82, 2.24) is 0 Å². The van der Waals surface area contributed by atoms with Crippen LogP contribution in [0.15, 0.2) is 0 Å². The fourth-order valence-electron chi connectivity index (χ4n) is 3.40. The molecule has 2 aliphatic rings. The molecule has 2 saturated heterocycles. The zero-order valence-electron chi connectivity index (χ0n) is 18.7. The molecular weight excluding hydrogens is 510 g/mol. The van der Waals surface area contributed by atoms with Crippen molar-refractivity contribution < 1.29 is 52.4 Å². The highest BCUT2D eigenvalue weighted by Crippen LogP contribution is 2.56. The van der Waals surface area contributed by atoms with Gasteiger partial charge in [-0.2, -0.15) is 16.8 Å². The van der Waals surface area contributed by atoms with Gasteiger partial charge < -0.3 is 9.05 Å². The molecule has 4 atom stereocenters. The van der Waals surface area contributed by atoms with E-state index in [0.29, 0.717) is 0 Å². The predicted molar refractivity (Wildman–Crippen MR) is 116 cm³/mol. The zero-order chi connectivity index (χ0) is 24.3. The van der Waals surface area contributed by atoms with E-state index in [4.69, 9.17) is 26.5 Å². The van der Waals surface area contributed by atoms with Crippen molar-refractivity contribution in [2.75, 3.05) is 50.3 Å². The van der Waals surface area contributed by atoms with Crippen molar-refractivity contribution >= 4 is 35.4 Å². The van der Waals surface area contributed by atoms with Crippen LogP contribution in [0.3, 0.4) is 0 Å². The van der Waals surface area contributed by atoms with Gasteiger partial charge in [0.05, 0.1) is 38.8 Å². The molecule has 0 spiro atoms. The van der Waals surface area contributed by atoms with Gasteiger partial charge >= 0.3 is 15.2 Å². The molecule has 2 fully saturated rings. The van der Waals surface area contributed by atoms with E-state index < -0.39 is 58.1 Å². The molecule has 2 aliphatic heterocycles. The molecule has 0 N–H and O–H groups in total. The maximum atomic E-state index is 13.1. The van der Waals surface area contributed by atoms with Crippen molar-refractivity contribution in [3.8, 4) is 0 Å². The maximum absolute atomic E-state index is 13.1. The van der Waals surface area contributed by atoms with E-state index in [0.717, 1.165) is 0 Å². The molecule has 0 saturated carbocycles. The minimum Gasteiger partial charge on any atom is -0.309 e. The van der Waals surface area contributed by atoms with Crippen LogP contribution in [0.25, 0.3) is 0 Å². The summed E-state index contributed by atoms with van der Waals surface area (Å²) >= 11 is 0. The van der Waals surface area contributed by atoms with Crippen LogP contribution >= 0.6 is 15.2 Å². The Bertz CT molecular complexity index is 888. The molecule has 0 bridgehead atoms. The third-order valence-corrected chi connectivity index (χ3v) is 11.9. The van der Waals surface area contributed by atoms with Crippen LogP contribution in [-0.2, 0) is 55.8 Å². The Morgan fingerprint density at radius 2 is 1.09 bits per heavy atom. The number of hydrogen-bond donors (Lipinski definition) is 0. The molecule has 0 radical (unpaired) electrons. The second-order valence-corrected chi connectivity index (χ2v) is 15.7. The first-order valence-electron chi connectivity index (χ1n) is 10.2. The first kappa shape index (κ1) is 28.4. The van der Waals surface area contributed by atoms with Gasteiger partial charge in [0.2, 0.25) is 0 Å². The average Bonchev–Trinajstić information content (AvgIpc) is 3.05. The molecule has 2 heterocycles. The third kappa shape index (κ3) is 8.41. The van der Waals surface area contributed by atoms with E-state index in [1.807, 2.05) is 0 Å². The summed E-state index contributed by atoms with van der Waals surface area (Å²) in [6.07, 6.45) is 0.425. The smallest absolute Gasteiger partial charge is 0.309 e. The first-order chi connectivity index (χ1) is 14.6. The molecule has 0 amide bonds. The van der Waals surface area contributed by atoms with Gasteiger partial charge in [-0.05, 0) is 40.5 Å². The van der Waals surface area contributed by atoms with E-state index in [1.54, 1.807) is 13.8 Å². The highest BCUT2D eigenvalue weighted by molar-refractivity contribution is 7.87. The molecular formula is C16H32O12P2S2. The highest BCUT2D eigenvalue weighted by Gasteiger charge is 2.47. The lowest BCUT2D eigenvalue weighted by atomic mass is 10.2. The highest BCUT2D eigenvalue weighted by atomic mass is 32.2. The molecule has 0 aromatic heterocycles. The molecule has 0 aliphatic carbocycles. The van der Waals surface area contributed by atoms with Crippen molar-refractivity contribution in [2.24, 2.45) is 0 Å². The summed E-state index contributed by atoms with van der Waals surface area (Å²) in [5, 5.41) is 0. The number of hydrogen-bond acceptors (Lipinski definition) is 12. The topological polar surface area (TPSA) is 158 Å². The standard InChI is InChI=1S/C16H32O12P2S2/c1-5-23-29(17,27-15(3)11-25-31(19,20)13-15)9-7-8-10-30(18,24-6-2)28-16(4)12-26-32(21,22)14-16/h5-14H2,1-4H3. The summed E-state index contributed by atoms with van der Waals surface area (Å²) in [6, 6.07) is 0. The normalized spacial score (nSPS) is 33.0. The lowest BCUT2D eigenvalue weighted by molar-refractivity contribution is 0.0592. The first-order valence-corrected chi connectivity index (χ1v) is 16.8. The molecule has 12 nitrogen and oxygen atoms in total. The zero-order valence-corrected chi connectivity index (χ0v) is 22.1. The van der Waals surface area contributed by atoms with Crippen LogP contribution in [0.1, 0.15) is 40.5 Å². The Kier molecular flexibility index (Phi) is 9.21. The van der Waals surface area contributed by atoms with Crippen molar-refractivity contribution in [3.05, 3.63) is 0 Å². The van der Waals surface area contributed by atoms with E-state index >= 15 is 0 Å².